The van der Waals surface area contributed by atoms with Crippen molar-refractivity contribution in [3.63, 3.8) is 0 Å². The van der Waals surface area contributed by atoms with Crippen molar-refractivity contribution in [3.8, 4) is 11.3 Å². The third-order valence-electron chi connectivity index (χ3n) is 5.92. The molecule has 2 aromatic carbocycles. The van der Waals surface area contributed by atoms with Crippen molar-refractivity contribution >= 4 is 0 Å². The van der Waals surface area contributed by atoms with Gasteiger partial charge in [-0.15, -0.1) is 0 Å². The van der Waals surface area contributed by atoms with Gasteiger partial charge >= 0.3 is 0 Å². The molecule has 1 unspecified atom stereocenters. The van der Waals surface area contributed by atoms with Crippen LogP contribution in [0.15, 0.2) is 54.7 Å². The number of fused-ring (bicyclic) bond motifs is 1. The van der Waals surface area contributed by atoms with Crippen LogP contribution in [-0.4, -0.2) is 33.1 Å². The Hall–Kier alpha value is -2.50. The summed E-state index contributed by atoms with van der Waals surface area (Å²) >= 11 is 0. The zero-order valence-electron chi connectivity index (χ0n) is 16.1. The van der Waals surface area contributed by atoms with Gasteiger partial charge in [0.05, 0.1) is 18.4 Å². The molecule has 3 aromatic rings. The molecule has 0 saturated carbocycles. The number of likely N-dealkylation sites (tertiary alicyclic amines) is 1. The fourth-order valence-corrected chi connectivity index (χ4v) is 4.49. The number of halogens is 1. The summed E-state index contributed by atoms with van der Waals surface area (Å²) in [5, 5.41) is 0. The van der Waals surface area contributed by atoms with Crippen molar-refractivity contribution < 1.29 is 9.13 Å². The summed E-state index contributed by atoms with van der Waals surface area (Å²) in [6.45, 7) is 6.36. The zero-order valence-corrected chi connectivity index (χ0v) is 16.1. The van der Waals surface area contributed by atoms with E-state index < -0.39 is 0 Å². The van der Waals surface area contributed by atoms with Crippen LogP contribution < -0.4 is 0 Å². The molecule has 4 nitrogen and oxygen atoms in total. The molecule has 1 atom stereocenters. The quantitative estimate of drug-likeness (QED) is 0.686. The summed E-state index contributed by atoms with van der Waals surface area (Å²) in [6.07, 6.45) is 2.89. The minimum absolute atomic E-state index is 0.174. The monoisotopic (exact) mass is 377 g/mol. The Kier molecular flexibility index (Phi) is 4.29. The van der Waals surface area contributed by atoms with Crippen molar-refractivity contribution in [2.75, 3.05) is 13.1 Å². The number of ether oxygens (including phenoxy) is 1. The second-order valence-corrected chi connectivity index (χ2v) is 8.07. The van der Waals surface area contributed by atoms with Gasteiger partial charge in [-0.3, -0.25) is 4.90 Å². The molecule has 5 heteroatoms. The lowest BCUT2D eigenvalue weighted by Crippen LogP contribution is -2.44. The highest BCUT2D eigenvalue weighted by Crippen LogP contribution is 2.35. The third kappa shape index (κ3) is 3.25. The average molecular weight is 377 g/mol. The fraction of sp³-hybridized carbons (Fsp3) is 0.348. The van der Waals surface area contributed by atoms with Crippen LogP contribution in [-0.2, 0) is 24.4 Å². The van der Waals surface area contributed by atoms with E-state index >= 15 is 0 Å². The molecule has 0 amide bonds. The summed E-state index contributed by atoms with van der Waals surface area (Å²) in [5.41, 5.74) is 4.50. The van der Waals surface area contributed by atoms with Gasteiger partial charge in [-0.05, 0) is 48.7 Å². The Morgan fingerprint density at radius 3 is 2.82 bits per heavy atom. The van der Waals surface area contributed by atoms with Crippen molar-refractivity contribution in [3.05, 3.63) is 77.5 Å². The van der Waals surface area contributed by atoms with E-state index in [0.717, 1.165) is 49.7 Å². The Bertz CT molecular complexity index is 997. The van der Waals surface area contributed by atoms with E-state index in [-0.39, 0.29) is 11.4 Å². The molecule has 1 spiro atoms. The predicted octanol–water partition coefficient (Wildman–Crippen LogP) is 4.17. The normalized spacial score (nSPS) is 21.9. The molecule has 2 aliphatic heterocycles. The van der Waals surface area contributed by atoms with Crippen LogP contribution in [0.4, 0.5) is 4.39 Å². The predicted molar refractivity (Wildman–Crippen MR) is 106 cm³/mol. The van der Waals surface area contributed by atoms with E-state index in [1.165, 1.54) is 23.3 Å². The van der Waals surface area contributed by atoms with E-state index in [0.29, 0.717) is 6.61 Å². The number of hydrogen-bond acceptors (Lipinski definition) is 3. The number of benzene rings is 2. The van der Waals surface area contributed by atoms with E-state index in [1.54, 1.807) is 0 Å². The Morgan fingerprint density at radius 1 is 1.14 bits per heavy atom. The molecular formula is C23H24FN3O. The standard InChI is InChI=1S/C23H24FN3O/c1-17-3-2-4-18(11-17)13-26-10-9-23(15-26)16-27-21(12-25-22(27)14-28-23)19-5-7-20(24)8-6-19/h2-8,11-12H,9-10,13-16H2,1H3. The second-order valence-electron chi connectivity index (χ2n) is 8.07. The van der Waals surface area contributed by atoms with E-state index in [1.807, 2.05) is 18.3 Å². The van der Waals surface area contributed by atoms with Gasteiger partial charge < -0.3 is 9.30 Å². The first-order valence-corrected chi connectivity index (χ1v) is 9.82. The lowest BCUT2D eigenvalue weighted by molar-refractivity contribution is -0.0821. The molecule has 0 radical (unpaired) electrons. The Morgan fingerprint density at radius 2 is 2.00 bits per heavy atom. The summed E-state index contributed by atoms with van der Waals surface area (Å²) in [7, 11) is 0. The van der Waals surface area contributed by atoms with Crippen molar-refractivity contribution in [1.82, 2.24) is 14.5 Å². The Balaban J connectivity index is 1.35. The number of nitrogens with zero attached hydrogens (tertiary/aromatic N) is 3. The van der Waals surface area contributed by atoms with E-state index in [9.17, 15) is 4.39 Å². The van der Waals surface area contributed by atoms with Crippen molar-refractivity contribution in [2.45, 2.75) is 38.6 Å². The van der Waals surface area contributed by atoms with E-state index in [2.05, 4.69) is 45.6 Å². The minimum Gasteiger partial charge on any atom is -0.364 e. The minimum atomic E-state index is -0.218. The number of hydrogen-bond donors (Lipinski definition) is 0. The van der Waals surface area contributed by atoms with Gasteiger partial charge in [-0.1, -0.05) is 29.8 Å². The highest BCUT2D eigenvalue weighted by molar-refractivity contribution is 5.59. The van der Waals surface area contributed by atoms with Gasteiger partial charge in [0.2, 0.25) is 0 Å². The van der Waals surface area contributed by atoms with E-state index in [4.69, 9.17) is 4.74 Å². The number of imidazole rings is 1. The van der Waals surface area contributed by atoms with Gasteiger partial charge in [0.1, 0.15) is 23.8 Å². The van der Waals surface area contributed by atoms with Crippen molar-refractivity contribution in [2.24, 2.45) is 0 Å². The van der Waals surface area contributed by atoms with Crippen LogP contribution in [0.1, 0.15) is 23.4 Å². The largest absolute Gasteiger partial charge is 0.364 e. The molecule has 5 rings (SSSR count). The molecule has 144 valence electrons. The lowest BCUT2D eigenvalue weighted by Gasteiger charge is -2.35. The SMILES string of the molecule is Cc1cccc(CN2CCC3(C2)Cn2c(-c4ccc(F)cc4)cnc2CO3)c1. The molecule has 28 heavy (non-hydrogen) atoms. The van der Waals surface area contributed by atoms with Crippen LogP contribution in [0.3, 0.4) is 0 Å². The number of aromatic nitrogens is 2. The first-order valence-electron chi connectivity index (χ1n) is 9.82. The molecular weight excluding hydrogens is 353 g/mol. The number of aryl methyl sites for hydroxylation is 1. The maximum atomic E-state index is 13.3. The van der Waals surface area contributed by atoms with Crippen LogP contribution >= 0.6 is 0 Å². The molecule has 1 aromatic heterocycles. The smallest absolute Gasteiger partial charge is 0.135 e. The van der Waals surface area contributed by atoms with Gasteiger partial charge in [0.15, 0.2) is 0 Å². The summed E-state index contributed by atoms with van der Waals surface area (Å²) in [4.78, 5) is 7.02. The maximum Gasteiger partial charge on any atom is 0.135 e. The van der Waals surface area contributed by atoms with Gasteiger partial charge in [0.25, 0.3) is 0 Å². The van der Waals surface area contributed by atoms with Gasteiger partial charge in [0, 0.05) is 19.6 Å². The average Bonchev–Trinajstić information content (AvgIpc) is 3.27. The van der Waals surface area contributed by atoms with Gasteiger partial charge in [-0.25, -0.2) is 9.37 Å². The number of rotatable bonds is 3. The molecule has 0 bridgehead atoms. The maximum absolute atomic E-state index is 13.3. The zero-order chi connectivity index (χ0) is 19.1. The fourth-order valence-electron chi connectivity index (χ4n) is 4.49. The van der Waals surface area contributed by atoms with Gasteiger partial charge in [-0.2, -0.15) is 0 Å². The highest BCUT2D eigenvalue weighted by Gasteiger charge is 2.43. The highest BCUT2D eigenvalue weighted by atomic mass is 19.1. The third-order valence-corrected chi connectivity index (χ3v) is 5.92. The topological polar surface area (TPSA) is 30.3 Å². The molecule has 1 saturated heterocycles. The molecule has 0 N–H and O–H groups in total. The lowest BCUT2D eigenvalue weighted by atomic mass is 10.0. The summed E-state index contributed by atoms with van der Waals surface area (Å²) in [6, 6.07) is 15.4. The second kappa shape index (κ2) is 6.83. The van der Waals surface area contributed by atoms with Crippen molar-refractivity contribution in [1.29, 1.82) is 0 Å². The van der Waals surface area contributed by atoms with Crippen LogP contribution in [0.2, 0.25) is 0 Å². The van der Waals surface area contributed by atoms with Crippen LogP contribution in [0.25, 0.3) is 11.3 Å². The molecule has 1 fully saturated rings. The van der Waals surface area contributed by atoms with Crippen LogP contribution in [0, 0.1) is 12.7 Å². The molecule has 2 aliphatic rings. The summed E-state index contributed by atoms with van der Waals surface area (Å²) < 4.78 is 21.9. The first-order chi connectivity index (χ1) is 13.6. The molecule has 0 aliphatic carbocycles. The van der Waals surface area contributed by atoms with Crippen LogP contribution in [0.5, 0.6) is 0 Å². The Labute approximate surface area is 164 Å². The summed E-state index contributed by atoms with van der Waals surface area (Å²) in [5.74, 6) is 0.728. The first kappa shape index (κ1) is 17.6. The molecule has 3 heterocycles.